The first-order valence-corrected chi connectivity index (χ1v) is 10.8. The molecule has 1 saturated heterocycles. The Morgan fingerprint density at radius 2 is 1.74 bits per heavy atom. The average Bonchev–Trinajstić information content (AvgIpc) is 3.21. The van der Waals surface area contributed by atoms with Crippen LogP contribution in [0.4, 0.5) is 0 Å². The molecule has 1 aliphatic rings. The van der Waals surface area contributed by atoms with E-state index in [1.54, 1.807) is 0 Å². The highest BCUT2D eigenvalue weighted by atomic mass is 16.4. The molecule has 0 aromatic heterocycles. The van der Waals surface area contributed by atoms with E-state index in [2.05, 4.69) is 10.6 Å². The maximum atomic E-state index is 13.1. The summed E-state index contributed by atoms with van der Waals surface area (Å²) in [6.45, 7) is 3.94. The van der Waals surface area contributed by atoms with Crippen LogP contribution >= 0.6 is 0 Å². The Balaban J connectivity index is 2.97. The van der Waals surface area contributed by atoms with Gasteiger partial charge in [0.2, 0.25) is 17.7 Å². The first kappa shape index (κ1) is 26.8. The Kier molecular flexibility index (Phi) is 11.4. The third-order valence-electron chi connectivity index (χ3n) is 5.26. The molecule has 1 rings (SSSR count). The van der Waals surface area contributed by atoms with Crippen molar-refractivity contribution < 1.29 is 29.4 Å². The molecule has 1 heterocycles. The average molecular weight is 444 g/mol. The number of aliphatic hydroxyl groups excluding tert-OH is 1. The van der Waals surface area contributed by atoms with Crippen LogP contribution in [0.3, 0.4) is 0 Å². The number of likely N-dealkylation sites (tertiary alicyclic amines) is 1. The van der Waals surface area contributed by atoms with Gasteiger partial charge in [-0.3, -0.25) is 14.4 Å². The van der Waals surface area contributed by atoms with Crippen molar-refractivity contribution in [2.45, 2.75) is 76.5 Å². The number of carbonyl (C=O) groups is 4. The van der Waals surface area contributed by atoms with Gasteiger partial charge in [0, 0.05) is 6.54 Å². The van der Waals surface area contributed by atoms with Crippen molar-refractivity contribution in [3.63, 3.8) is 0 Å². The van der Waals surface area contributed by atoms with Gasteiger partial charge in [-0.25, -0.2) is 4.79 Å². The molecule has 4 unspecified atom stereocenters. The van der Waals surface area contributed by atoms with Crippen molar-refractivity contribution in [2.75, 3.05) is 19.7 Å². The maximum absolute atomic E-state index is 13.1. The van der Waals surface area contributed by atoms with Crippen LogP contribution in [0, 0.1) is 5.92 Å². The summed E-state index contributed by atoms with van der Waals surface area (Å²) in [6, 6.07) is -3.93. The molecule has 0 aromatic rings. The Bertz CT molecular complexity index is 629. The van der Waals surface area contributed by atoms with Crippen LogP contribution in [0.1, 0.15) is 52.4 Å². The molecule has 178 valence electrons. The number of unbranched alkanes of at least 4 members (excludes halogenated alkanes) is 1. The molecule has 31 heavy (non-hydrogen) atoms. The highest BCUT2D eigenvalue weighted by molar-refractivity contribution is 5.94. The molecule has 0 bridgehead atoms. The lowest BCUT2D eigenvalue weighted by Crippen LogP contribution is -2.57. The van der Waals surface area contributed by atoms with Crippen molar-refractivity contribution in [1.29, 1.82) is 0 Å². The summed E-state index contributed by atoms with van der Waals surface area (Å²) >= 11 is 0. The number of nitrogens with two attached hydrogens (primary N) is 2. The molecule has 0 spiro atoms. The molecule has 0 aromatic carbocycles. The highest BCUT2D eigenvalue weighted by Crippen LogP contribution is 2.20. The fourth-order valence-electron chi connectivity index (χ4n) is 3.57. The van der Waals surface area contributed by atoms with E-state index in [0.717, 1.165) is 0 Å². The van der Waals surface area contributed by atoms with Gasteiger partial charge in [-0.15, -0.1) is 0 Å². The largest absolute Gasteiger partial charge is 0.480 e. The summed E-state index contributed by atoms with van der Waals surface area (Å²) in [6.07, 6.45) is 2.80. The van der Waals surface area contributed by atoms with E-state index in [1.807, 2.05) is 13.8 Å². The van der Waals surface area contributed by atoms with Crippen LogP contribution in [-0.4, -0.2) is 82.7 Å². The fraction of sp³-hybridized carbons (Fsp3) is 0.800. The summed E-state index contributed by atoms with van der Waals surface area (Å²) < 4.78 is 0. The molecule has 1 aliphatic heterocycles. The number of nitrogens with one attached hydrogen (secondary N) is 2. The van der Waals surface area contributed by atoms with Crippen LogP contribution < -0.4 is 22.1 Å². The molecule has 1 fully saturated rings. The van der Waals surface area contributed by atoms with E-state index in [-0.39, 0.29) is 5.92 Å². The third kappa shape index (κ3) is 8.42. The predicted octanol–water partition coefficient (Wildman–Crippen LogP) is -1.47. The van der Waals surface area contributed by atoms with E-state index in [9.17, 15) is 24.3 Å². The number of amides is 3. The summed E-state index contributed by atoms with van der Waals surface area (Å²) in [5, 5.41) is 23.7. The third-order valence-corrected chi connectivity index (χ3v) is 5.26. The second kappa shape index (κ2) is 13.2. The molecule has 0 aliphatic carbocycles. The van der Waals surface area contributed by atoms with Gasteiger partial charge in [0.05, 0.1) is 6.61 Å². The normalized spacial score (nSPS) is 19.0. The van der Waals surface area contributed by atoms with Crippen molar-refractivity contribution in [3.05, 3.63) is 0 Å². The van der Waals surface area contributed by atoms with E-state index in [4.69, 9.17) is 16.6 Å². The van der Waals surface area contributed by atoms with E-state index in [1.165, 1.54) is 4.90 Å². The van der Waals surface area contributed by atoms with Crippen molar-refractivity contribution in [3.8, 4) is 0 Å². The molecule has 0 saturated carbocycles. The number of rotatable bonds is 13. The Morgan fingerprint density at radius 3 is 2.29 bits per heavy atom. The van der Waals surface area contributed by atoms with Gasteiger partial charge in [-0.05, 0) is 51.0 Å². The quantitative estimate of drug-likeness (QED) is 0.186. The first-order chi connectivity index (χ1) is 14.6. The summed E-state index contributed by atoms with van der Waals surface area (Å²) in [7, 11) is 0. The van der Waals surface area contributed by atoms with Gasteiger partial charge in [-0.2, -0.15) is 0 Å². The number of carboxylic acids is 1. The molecular formula is C20H37N5O6. The van der Waals surface area contributed by atoms with Crippen molar-refractivity contribution in [1.82, 2.24) is 15.5 Å². The van der Waals surface area contributed by atoms with Gasteiger partial charge in [0.15, 0.2) is 0 Å². The summed E-state index contributed by atoms with van der Waals surface area (Å²) in [4.78, 5) is 50.9. The minimum atomic E-state index is -1.16. The molecule has 11 nitrogen and oxygen atoms in total. The molecule has 0 radical (unpaired) electrons. The van der Waals surface area contributed by atoms with Crippen LogP contribution in [0.5, 0.6) is 0 Å². The molecule has 3 amide bonds. The van der Waals surface area contributed by atoms with Crippen LogP contribution in [0.15, 0.2) is 0 Å². The van der Waals surface area contributed by atoms with E-state index in [0.29, 0.717) is 51.6 Å². The number of aliphatic carboxylic acids is 1. The van der Waals surface area contributed by atoms with Gasteiger partial charge in [0.1, 0.15) is 24.2 Å². The Morgan fingerprint density at radius 1 is 1.10 bits per heavy atom. The fourth-order valence-corrected chi connectivity index (χ4v) is 3.57. The first-order valence-electron chi connectivity index (χ1n) is 10.8. The van der Waals surface area contributed by atoms with Gasteiger partial charge in [-0.1, -0.05) is 13.8 Å². The zero-order valence-electron chi connectivity index (χ0n) is 18.4. The number of aliphatic hydroxyl groups is 1. The van der Waals surface area contributed by atoms with E-state index >= 15 is 0 Å². The zero-order chi connectivity index (χ0) is 23.6. The topological polar surface area (TPSA) is 188 Å². The molecule has 4 atom stereocenters. The van der Waals surface area contributed by atoms with Crippen LogP contribution in [-0.2, 0) is 19.2 Å². The molecule has 8 N–H and O–H groups in total. The summed E-state index contributed by atoms with van der Waals surface area (Å²) in [5.41, 5.74) is 11.1. The second-order valence-electron chi connectivity index (χ2n) is 8.35. The Hall–Kier alpha value is -2.24. The number of hydrogen-bond acceptors (Lipinski definition) is 7. The van der Waals surface area contributed by atoms with Gasteiger partial charge >= 0.3 is 5.97 Å². The highest BCUT2D eigenvalue weighted by Gasteiger charge is 2.38. The lowest BCUT2D eigenvalue weighted by molar-refractivity contribution is -0.149. The standard InChI is InChI=1S/C20H37N5O6/c1-12(2)10-15(24-17(27)13(22)11-26)18(28)23-14(6-3-4-8-21)19(29)25-9-5-7-16(25)20(30)31/h12-16,26H,3-11,21-22H2,1-2H3,(H,23,28)(H,24,27)(H,30,31). The summed E-state index contributed by atoms with van der Waals surface area (Å²) in [5.74, 6) is -2.68. The molecule has 11 heteroatoms. The predicted molar refractivity (Wildman–Crippen MR) is 114 cm³/mol. The number of carboxylic acid groups (broad SMARTS) is 1. The van der Waals surface area contributed by atoms with Gasteiger partial charge < -0.3 is 37.2 Å². The SMILES string of the molecule is CC(C)CC(NC(=O)C(N)CO)C(=O)NC(CCCCN)C(=O)N1CCCC1C(=O)O. The maximum Gasteiger partial charge on any atom is 0.326 e. The minimum Gasteiger partial charge on any atom is -0.480 e. The van der Waals surface area contributed by atoms with Crippen LogP contribution in [0.25, 0.3) is 0 Å². The monoisotopic (exact) mass is 443 g/mol. The minimum absolute atomic E-state index is 0.0581. The second-order valence-corrected chi connectivity index (χ2v) is 8.35. The zero-order valence-corrected chi connectivity index (χ0v) is 18.4. The lowest BCUT2D eigenvalue weighted by atomic mass is 10.0. The smallest absolute Gasteiger partial charge is 0.326 e. The van der Waals surface area contributed by atoms with E-state index < -0.39 is 54.5 Å². The lowest BCUT2D eigenvalue weighted by Gasteiger charge is -2.29. The van der Waals surface area contributed by atoms with Gasteiger partial charge in [0.25, 0.3) is 0 Å². The molecular weight excluding hydrogens is 406 g/mol. The number of carbonyl (C=O) groups excluding carboxylic acids is 3. The Labute approximate surface area is 182 Å². The van der Waals surface area contributed by atoms with Crippen LogP contribution in [0.2, 0.25) is 0 Å². The number of hydrogen-bond donors (Lipinski definition) is 6. The van der Waals surface area contributed by atoms with Crippen molar-refractivity contribution >= 4 is 23.7 Å². The number of nitrogens with zero attached hydrogens (tertiary/aromatic N) is 1. The van der Waals surface area contributed by atoms with Crippen molar-refractivity contribution in [2.24, 2.45) is 17.4 Å².